The van der Waals surface area contributed by atoms with E-state index in [4.69, 9.17) is 14.3 Å². The van der Waals surface area contributed by atoms with E-state index in [-0.39, 0.29) is 12.1 Å². The van der Waals surface area contributed by atoms with Crippen LogP contribution in [0.3, 0.4) is 0 Å². The van der Waals surface area contributed by atoms with Crippen molar-refractivity contribution < 1.29 is 24.2 Å². The maximum absolute atomic E-state index is 11.4. The fourth-order valence-electron chi connectivity index (χ4n) is 2.90. The molecule has 0 aromatic heterocycles. The van der Waals surface area contributed by atoms with Crippen LogP contribution in [-0.2, 0) is 25.5 Å². The van der Waals surface area contributed by atoms with Crippen LogP contribution in [0, 0.1) is 0 Å². The minimum atomic E-state index is -1.08. The van der Waals surface area contributed by atoms with Crippen molar-refractivity contribution in [2.45, 2.75) is 32.0 Å². The Kier molecular flexibility index (Phi) is 6.25. The summed E-state index contributed by atoms with van der Waals surface area (Å²) in [5.41, 5.74) is 1.98. The fraction of sp³-hybridized carbons (Fsp3) is 0.556. The molecule has 1 aromatic carbocycles. The van der Waals surface area contributed by atoms with E-state index in [9.17, 15) is 9.90 Å². The lowest BCUT2D eigenvalue weighted by atomic mass is 10.1. The Labute approximate surface area is 147 Å². The minimum absolute atomic E-state index is 0.0201. The minimum Gasteiger partial charge on any atom is -0.477 e. The van der Waals surface area contributed by atoms with Gasteiger partial charge < -0.3 is 24.3 Å². The maximum atomic E-state index is 11.4. The van der Waals surface area contributed by atoms with Gasteiger partial charge in [0.05, 0.1) is 19.8 Å². The number of nitrogens with zero attached hydrogens (tertiary/aromatic N) is 2. The molecule has 7 heteroatoms. The highest BCUT2D eigenvalue weighted by atomic mass is 16.8. The average Bonchev–Trinajstić information content (AvgIpc) is 2.67. The molecule has 0 bridgehead atoms. The second-order valence-electron chi connectivity index (χ2n) is 6.19. The van der Waals surface area contributed by atoms with E-state index in [1.54, 1.807) is 0 Å². The van der Waals surface area contributed by atoms with Crippen LogP contribution in [0.5, 0.6) is 0 Å². The number of hydrogen-bond acceptors (Lipinski definition) is 6. The zero-order valence-electron chi connectivity index (χ0n) is 14.2. The molecule has 2 aliphatic heterocycles. The van der Waals surface area contributed by atoms with E-state index in [1.807, 2.05) is 24.3 Å². The third kappa shape index (κ3) is 5.17. The number of anilines is 1. The van der Waals surface area contributed by atoms with Gasteiger partial charge in [0.15, 0.2) is 5.71 Å². The molecule has 0 saturated carbocycles. The normalized spacial score (nSPS) is 21.8. The first-order valence-corrected chi connectivity index (χ1v) is 8.71. The molecule has 0 radical (unpaired) electrons. The predicted molar refractivity (Wildman–Crippen MR) is 92.9 cm³/mol. The first kappa shape index (κ1) is 17.7. The average molecular weight is 348 g/mol. The molecule has 0 aliphatic carbocycles. The summed E-state index contributed by atoms with van der Waals surface area (Å²) in [6.07, 6.45) is 2.53. The molecular formula is C18H24N2O5. The van der Waals surface area contributed by atoms with E-state index in [0.717, 1.165) is 56.8 Å². The summed E-state index contributed by atoms with van der Waals surface area (Å²) in [5, 5.41) is 13.2. The first-order valence-electron chi connectivity index (χ1n) is 8.71. The zero-order valence-corrected chi connectivity index (χ0v) is 14.2. The van der Waals surface area contributed by atoms with Crippen molar-refractivity contribution in [2.24, 2.45) is 5.16 Å². The van der Waals surface area contributed by atoms with Crippen molar-refractivity contribution in [3.05, 3.63) is 29.8 Å². The Balaban J connectivity index is 1.60. The lowest BCUT2D eigenvalue weighted by Crippen LogP contribution is -2.36. The van der Waals surface area contributed by atoms with Gasteiger partial charge in [0, 0.05) is 31.6 Å². The summed E-state index contributed by atoms with van der Waals surface area (Å²) in [7, 11) is 0. The Morgan fingerprint density at radius 1 is 1.20 bits per heavy atom. The van der Waals surface area contributed by atoms with Crippen LogP contribution < -0.4 is 4.90 Å². The van der Waals surface area contributed by atoms with E-state index in [1.165, 1.54) is 0 Å². The molecule has 25 heavy (non-hydrogen) atoms. The predicted octanol–water partition coefficient (Wildman–Crippen LogP) is 2.05. The van der Waals surface area contributed by atoms with Crippen molar-refractivity contribution in [3.63, 3.8) is 0 Å². The van der Waals surface area contributed by atoms with Gasteiger partial charge in [-0.1, -0.05) is 17.3 Å². The monoisotopic (exact) mass is 348 g/mol. The highest BCUT2D eigenvalue weighted by molar-refractivity contribution is 6.35. The van der Waals surface area contributed by atoms with E-state index in [0.29, 0.717) is 6.61 Å². The van der Waals surface area contributed by atoms with Gasteiger partial charge in [0.2, 0.25) is 6.29 Å². The molecule has 1 atom stereocenters. The van der Waals surface area contributed by atoms with Gasteiger partial charge in [-0.25, -0.2) is 4.79 Å². The van der Waals surface area contributed by atoms with Crippen molar-refractivity contribution in [2.75, 3.05) is 37.8 Å². The quantitative estimate of drug-likeness (QED) is 0.626. The first-order chi connectivity index (χ1) is 12.2. The molecule has 136 valence electrons. The van der Waals surface area contributed by atoms with Crippen molar-refractivity contribution in [1.82, 2.24) is 0 Å². The number of aliphatic carboxylic acids is 1. The molecule has 2 aliphatic rings. The van der Waals surface area contributed by atoms with E-state index in [2.05, 4.69) is 10.1 Å². The van der Waals surface area contributed by atoms with Gasteiger partial charge in [-0.15, -0.1) is 0 Å². The highest BCUT2D eigenvalue weighted by Crippen LogP contribution is 2.18. The third-order valence-corrected chi connectivity index (χ3v) is 4.35. The van der Waals surface area contributed by atoms with Crippen molar-refractivity contribution >= 4 is 17.4 Å². The maximum Gasteiger partial charge on any atom is 0.354 e. The standard InChI is InChI=1S/C18H24N2O5/c21-18(22)16(19-25-17-3-1-2-10-24-17)13-14-4-6-15(7-5-14)20-8-11-23-12-9-20/h4-7,17H,1-3,8-13H2,(H,21,22)/b19-16+. The van der Waals surface area contributed by atoms with Crippen molar-refractivity contribution in [3.8, 4) is 0 Å². The number of hydrogen-bond donors (Lipinski definition) is 1. The van der Waals surface area contributed by atoms with Crippen LogP contribution in [-0.4, -0.2) is 56.0 Å². The largest absolute Gasteiger partial charge is 0.477 e. The number of ether oxygens (including phenoxy) is 2. The number of carbonyl (C=O) groups is 1. The van der Waals surface area contributed by atoms with Crippen molar-refractivity contribution in [1.29, 1.82) is 0 Å². The zero-order chi connectivity index (χ0) is 17.5. The van der Waals surface area contributed by atoms with Crippen LogP contribution in [0.25, 0.3) is 0 Å². The summed E-state index contributed by atoms with van der Waals surface area (Å²) in [6, 6.07) is 7.87. The van der Waals surface area contributed by atoms with E-state index >= 15 is 0 Å². The van der Waals surface area contributed by atoms with Gasteiger partial charge in [-0.3, -0.25) is 0 Å². The summed E-state index contributed by atoms with van der Waals surface area (Å²) in [5.74, 6) is -1.08. The number of oxime groups is 1. The molecule has 1 unspecified atom stereocenters. The molecule has 0 spiro atoms. The molecule has 1 N–H and O–H groups in total. The van der Waals surface area contributed by atoms with Gasteiger partial charge in [0.1, 0.15) is 0 Å². The second-order valence-corrected chi connectivity index (χ2v) is 6.19. The second kappa shape index (κ2) is 8.82. The lowest BCUT2D eigenvalue weighted by Gasteiger charge is -2.28. The summed E-state index contributed by atoms with van der Waals surface area (Å²) in [4.78, 5) is 18.9. The number of carboxylic acids is 1. The SMILES string of the molecule is O=C(O)/C(Cc1ccc(N2CCOCC2)cc1)=N/OC1CCCCO1. The van der Waals surface area contributed by atoms with E-state index < -0.39 is 12.3 Å². The smallest absolute Gasteiger partial charge is 0.354 e. The Bertz CT molecular complexity index is 590. The van der Waals surface area contributed by atoms with Crippen LogP contribution in [0.15, 0.2) is 29.4 Å². The molecule has 2 heterocycles. The highest BCUT2D eigenvalue weighted by Gasteiger charge is 2.18. The summed E-state index contributed by atoms with van der Waals surface area (Å²) < 4.78 is 10.8. The number of morpholine rings is 1. The Hall–Kier alpha value is -2.12. The molecule has 2 saturated heterocycles. The van der Waals surface area contributed by atoms with Gasteiger partial charge in [-0.2, -0.15) is 0 Å². The van der Waals surface area contributed by atoms with Gasteiger partial charge in [0.25, 0.3) is 0 Å². The molecule has 2 fully saturated rings. The molecule has 1 aromatic rings. The van der Waals surface area contributed by atoms with Crippen LogP contribution in [0.4, 0.5) is 5.69 Å². The van der Waals surface area contributed by atoms with Gasteiger partial charge in [-0.05, 0) is 30.5 Å². The topological polar surface area (TPSA) is 80.6 Å². The molecule has 3 rings (SSSR count). The third-order valence-electron chi connectivity index (χ3n) is 4.35. The molecule has 7 nitrogen and oxygen atoms in total. The molecular weight excluding hydrogens is 324 g/mol. The Morgan fingerprint density at radius 2 is 1.96 bits per heavy atom. The van der Waals surface area contributed by atoms with Gasteiger partial charge >= 0.3 is 5.97 Å². The number of rotatable bonds is 6. The Morgan fingerprint density at radius 3 is 2.60 bits per heavy atom. The summed E-state index contributed by atoms with van der Waals surface area (Å²) >= 11 is 0. The lowest BCUT2D eigenvalue weighted by molar-refractivity contribution is -0.162. The summed E-state index contributed by atoms with van der Waals surface area (Å²) in [6.45, 7) is 3.84. The number of carboxylic acid groups (broad SMARTS) is 1. The molecule has 0 amide bonds. The fourth-order valence-corrected chi connectivity index (χ4v) is 2.90. The van der Waals surface area contributed by atoms with Crippen LogP contribution in [0.2, 0.25) is 0 Å². The number of benzene rings is 1. The van der Waals surface area contributed by atoms with Crippen LogP contribution in [0.1, 0.15) is 24.8 Å². The van der Waals surface area contributed by atoms with Crippen LogP contribution >= 0.6 is 0 Å².